The van der Waals surface area contributed by atoms with E-state index >= 15 is 0 Å². The van der Waals surface area contributed by atoms with Crippen molar-refractivity contribution >= 4 is 5.43 Å². The van der Waals surface area contributed by atoms with E-state index in [2.05, 4.69) is 103 Å². The quantitative estimate of drug-likeness (QED) is 0.233. The van der Waals surface area contributed by atoms with Gasteiger partial charge in [0.25, 0.3) is 0 Å². The molecule has 0 aliphatic heterocycles. The van der Waals surface area contributed by atoms with Gasteiger partial charge in [0.2, 0.25) is 0 Å². The van der Waals surface area contributed by atoms with Crippen LogP contribution in [0.25, 0.3) is 10.6 Å². The van der Waals surface area contributed by atoms with Crippen molar-refractivity contribution in [3.8, 4) is 0 Å². The van der Waals surface area contributed by atoms with E-state index in [4.69, 9.17) is 0 Å². The molecule has 0 fully saturated rings. The topological polar surface area (TPSA) is 28.2 Å². The van der Waals surface area contributed by atoms with Crippen LogP contribution in [0.15, 0.2) is 34.4 Å². The van der Waals surface area contributed by atoms with E-state index in [9.17, 15) is 0 Å². The number of rotatable bonds is 0. The van der Waals surface area contributed by atoms with Gasteiger partial charge < -0.3 is 10.6 Å². The number of hydrogen-bond donors (Lipinski definition) is 0. The Morgan fingerprint density at radius 3 is 1.00 bits per heavy atom. The monoisotopic (exact) mass is 506 g/mol. The van der Waals surface area contributed by atoms with Gasteiger partial charge in [-0.1, -0.05) is 55.4 Å². The molecule has 0 saturated heterocycles. The molecule has 0 aromatic rings. The molecule has 0 spiro atoms. The summed E-state index contributed by atoms with van der Waals surface area (Å²) in [5, 5.41) is 7.00. The first kappa shape index (κ1) is 34.6. The average Bonchev–Trinajstić information content (AvgIpc) is 3.17. The molecule has 0 bridgehead atoms. The summed E-state index contributed by atoms with van der Waals surface area (Å²) in [5.74, 6) is 0. The second kappa shape index (κ2) is 18.5. The molecule has 0 aromatic heterocycles. The van der Waals surface area contributed by atoms with Gasteiger partial charge in [-0.15, -0.1) is 12.8 Å². The Labute approximate surface area is 205 Å². The van der Waals surface area contributed by atoms with Crippen LogP contribution >= 0.6 is 0 Å². The summed E-state index contributed by atoms with van der Waals surface area (Å²) in [6.07, 6.45) is 13.2. The molecular weight excluding hydrogens is 460 g/mol. The Hall–Kier alpha value is -0.0200. The molecule has 0 saturated carbocycles. The predicted molar refractivity (Wildman–Crippen MR) is 137 cm³/mol. The van der Waals surface area contributed by atoms with Crippen molar-refractivity contribution < 1.29 is 23.3 Å². The molecule has 0 atom stereocenters. The Balaban J connectivity index is -0.000000341. The molecule has 0 radical (unpaired) electrons. The molecule has 0 N–H and O–H groups in total. The number of hydrogen-bond acceptors (Lipinski definition) is 0. The summed E-state index contributed by atoms with van der Waals surface area (Å²) in [6.45, 7) is 22.3. The van der Waals surface area contributed by atoms with Crippen LogP contribution in [0, 0.1) is 23.0 Å². The van der Waals surface area contributed by atoms with Crippen molar-refractivity contribution in [2.24, 2.45) is 10.8 Å². The van der Waals surface area contributed by atoms with Gasteiger partial charge in [-0.05, 0) is 10.8 Å². The average molecular weight is 508 g/mol. The molecule has 0 aromatic carbocycles. The van der Waals surface area contributed by atoms with Crippen LogP contribution in [0.3, 0.4) is 0 Å². The van der Waals surface area contributed by atoms with Crippen LogP contribution in [0.2, 0.25) is 13.1 Å². The minimum absolute atomic E-state index is 0.210. The van der Waals surface area contributed by atoms with E-state index in [1.807, 2.05) is 0 Å². The van der Waals surface area contributed by atoms with E-state index in [-0.39, 0.29) is 5.43 Å². The van der Waals surface area contributed by atoms with Crippen molar-refractivity contribution in [1.82, 2.24) is 0 Å². The molecular formula is C26H48N2SiZr-2. The third kappa shape index (κ3) is 22.7. The van der Waals surface area contributed by atoms with Gasteiger partial charge in [0, 0.05) is 0 Å². The van der Waals surface area contributed by atoms with E-state index in [0.29, 0.717) is 10.8 Å². The first-order valence-corrected chi connectivity index (χ1v) is 16.8. The molecule has 2 aliphatic carbocycles. The zero-order valence-corrected chi connectivity index (χ0v) is 25.9. The van der Waals surface area contributed by atoms with Gasteiger partial charge in [-0.2, -0.15) is 39.3 Å². The molecule has 172 valence electrons. The van der Waals surface area contributed by atoms with Gasteiger partial charge in [0.05, 0.1) is 0 Å². The first-order valence-electron chi connectivity index (χ1n) is 10.6. The standard InChI is InChI=1S/2C10H15.2C2H6N.C2H6Si.Zr/c2*1-8-5-6-9(7-8)10(2,3)4;3*1-3-2;/h2*7H,6H2,1-4H3;3*1-2H3;/q4*-1;;+2. The Kier molecular flexibility index (Phi) is 21.4. The maximum absolute atomic E-state index is 3.50. The zero-order chi connectivity index (χ0) is 24.5. The summed E-state index contributed by atoms with van der Waals surface area (Å²) in [5.41, 5.74) is 6.49. The summed E-state index contributed by atoms with van der Waals surface area (Å²) < 4.78 is 0. The van der Waals surface area contributed by atoms with E-state index in [1.165, 1.54) is 22.3 Å². The minimum atomic E-state index is 0.210. The summed E-state index contributed by atoms with van der Waals surface area (Å²) in [7, 11) is 7.00. The van der Waals surface area contributed by atoms with Crippen molar-refractivity contribution in [2.45, 2.75) is 81.3 Å². The van der Waals surface area contributed by atoms with E-state index in [0.717, 1.165) is 12.8 Å². The third-order valence-corrected chi connectivity index (χ3v) is 3.82. The fourth-order valence-electron chi connectivity index (χ4n) is 2.16. The molecule has 2 rings (SSSR count). The normalized spacial score (nSPS) is 14.7. The van der Waals surface area contributed by atoms with Crippen molar-refractivity contribution in [2.75, 3.05) is 28.2 Å². The van der Waals surface area contributed by atoms with E-state index < -0.39 is 0 Å². The van der Waals surface area contributed by atoms with Crippen LogP contribution in [0.4, 0.5) is 0 Å². The molecule has 0 amide bonds. The Morgan fingerprint density at radius 2 is 0.933 bits per heavy atom. The fourth-order valence-corrected chi connectivity index (χ4v) is 2.16. The second-order valence-corrected chi connectivity index (χ2v) is 19.2. The summed E-state index contributed by atoms with van der Waals surface area (Å²) >= 11 is 1.74. The number of allylic oxidation sites excluding steroid dienone is 8. The van der Waals surface area contributed by atoms with Gasteiger partial charge >= 0.3 is 41.9 Å². The van der Waals surface area contributed by atoms with Crippen LogP contribution in [0.1, 0.15) is 68.2 Å². The van der Waals surface area contributed by atoms with Gasteiger partial charge in [0.15, 0.2) is 0 Å². The molecule has 2 nitrogen and oxygen atoms in total. The molecule has 4 heteroatoms. The van der Waals surface area contributed by atoms with Crippen molar-refractivity contribution in [3.05, 3.63) is 57.2 Å². The van der Waals surface area contributed by atoms with Crippen LogP contribution in [-0.4, -0.2) is 33.6 Å². The molecule has 0 unspecified atom stereocenters. The fraction of sp³-hybridized carbons (Fsp3) is 0.692. The van der Waals surface area contributed by atoms with Gasteiger partial charge in [0.1, 0.15) is 0 Å². The molecule has 30 heavy (non-hydrogen) atoms. The number of nitrogens with zero attached hydrogens (tertiary/aromatic N) is 2. The summed E-state index contributed by atoms with van der Waals surface area (Å²) in [4.78, 5) is 0. The predicted octanol–water partition coefficient (Wildman–Crippen LogP) is 8.25. The van der Waals surface area contributed by atoms with Crippen LogP contribution < -0.4 is 0 Å². The van der Waals surface area contributed by atoms with Crippen LogP contribution in [-0.2, 0) is 23.3 Å². The zero-order valence-electron chi connectivity index (χ0n) is 22.5. The van der Waals surface area contributed by atoms with E-state index in [1.54, 1.807) is 51.5 Å². The van der Waals surface area contributed by atoms with Crippen molar-refractivity contribution in [1.29, 1.82) is 0 Å². The SMILES string of the molecule is CC1=[C-]CC(C(C)(C)C)=C1.CC1=[C-]CC(C(C)(C)C)=C1.C[N-]C.C[N-]C.C[Si](C)=[Zr+2]. The third-order valence-electron chi connectivity index (χ3n) is 3.82. The van der Waals surface area contributed by atoms with Crippen LogP contribution in [0.5, 0.6) is 0 Å². The van der Waals surface area contributed by atoms with Crippen molar-refractivity contribution in [3.63, 3.8) is 0 Å². The van der Waals surface area contributed by atoms with Gasteiger partial charge in [-0.3, -0.25) is 12.2 Å². The molecule has 2 aliphatic rings. The molecule has 0 heterocycles. The second-order valence-electron chi connectivity index (χ2n) is 9.81. The maximum atomic E-state index is 3.50. The summed E-state index contributed by atoms with van der Waals surface area (Å²) in [6, 6.07) is 0. The van der Waals surface area contributed by atoms with Gasteiger partial charge in [-0.25, -0.2) is 23.3 Å². The first-order chi connectivity index (χ1) is 13.6. The Bertz CT molecular complexity index is 546. The Morgan fingerprint density at radius 1 is 0.733 bits per heavy atom.